The van der Waals surface area contributed by atoms with E-state index in [4.69, 9.17) is 0 Å². The molecule has 2 heterocycles. The van der Waals surface area contributed by atoms with Crippen molar-refractivity contribution in [3.05, 3.63) is 48.3 Å². The third-order valence-corrected chi connectivity index (χ3v) is 7.42. The third kappa shape index (κ3) is 3.64. The van der Waals surface area contributed by atoms with Crippen LogP contribution in [-0.2, 0) is 6.67 Å². The average molecular weight is 418 g/mol. The highest BCUT2D eigenvalue weighted by molar-refractivity contribution is 5.92. The molecule has 4 aliphatic rings. The molecule has 2 aromatic heterocycles. The van der Waals surface area contributed by atoms with Crippen LogP contribution in [0.25, 0.3) is 11.4 Å². The number of aromatic nitrogens is 6. The Kier molecular flexibility index (Phi) is 4.40. The molecule has 1 aromatic carbocycles. The van der Waals surface area contributed by atoms with Gasteiger partial charge in [0.1, 0.15) is 5.69 Å². The van der Waals surface area contributed by atoms with Crippen LogP contribution < -0.4 is 5.32 Å². The van der Waals surface area contributed by atoms with Crippen molar-refractivity contribution >= 4 is 5.91 Å². The van der Waals surface area contributed by atoms with Gasteiger partial charge in [0.05, 0.1) is 0 Å². The molecule has 1 N–H and O–H groups in total. The van der Waals surface area contributed by atoms with Crippen LogP contribution in [0.15, 0.2) is 42.6 Å². The number of carbonyl (C=O) groups is 1. The molecule has 3 aromatic rings. The van der Waals surface area contributed by atoms with Crippen LogP contribution in [0.4, 0.5) is 0 Å². The molecule has 0 radical (unpaired) electrons. The van der Waals surface area contributed by atoms with Crippen LogP contribution in [0.2, 0.25) is 0 Å². The van der Waals surface area contributed by atoms with E-state index in [1.54, 1.807) is 16.9 Å². The summed E-state index contributed by atoms with van der Waals surface area (Å²) in [4.78, 5) is 14.2. The average Bonchev–Trinajstić information content (AvgIpc) is 3.42. The minimum atomic E-state index is -0.0916. The molecule has 0 unspecified atom stereocenters. The predicted molar refractivity (Wildman–Crippen MR) is 114 cm³/mol. The molecule has 0 spiro atoms. The lowest BCUT2D eigenvalue weighted by molar-refractivity contribution is -0.0503. The Bertz CT molecular complexity index is 1050. The fourth-order valence-electron chi connectivity index (χ4n) is 6.56. The van der Waals surface area contributed by atoms with Crippen LogP contribution in [0.3, 0.4) is 0 Å². The third-order valence-electron chi connectivity index (χ3n) is 7.42. The highest BCUT2D eigenvalue weighted by atomic mass is 16.1. The minimum Gasteiger partial charge on any atom is -0.350 e. The van der Waals surface area contributed by atoms with Crippen LogP contribution in [-0.4, -0.2) is 42.4 Å². The van der Waals surface area contributed by atoms with Gasteiger partial charge in [0.15, 0.2) is 6.67 Å². The summed E-state index contributed by atoms with van der Waals surface area (Å²) >= 11 is 0. The smallest absolute Gasteiger partial charge is 0.271 e. The number of amides is 1. The van der Waals surface area contributed by atoms with Crippen LogP contribution in [0.5, 0.6) is 0 Å². The second-order valence-electron chi connectivity index (χ2n) is 9.83. The van der Waals surface area contributed by atoms with Crippen molar-refractivity contribution < 1.29 is 4.79 Å². The summed E-state index contributed by atoms with van der Waals surface area (Å²) in [5, 5.41) is 20.2. The zero-order valence-corrected chi connectivity index (χ0v) is 17.5. The minimum absolute atomic E-state index is 0.0916. The second kappa shape index (κ2) is 7.28. The maximum Gasteiger partial charge on any atom is 0.271 e. The number of benzene rings is 1. The number of nitrogens with zero attached hydrogens (tertiary/aromatic N) is 6. The Labute approximate surface area is 181 Å². The Balaban J connectivity index is 1.08. The van der Waals surface area contributed by atoms with E-state index < -0.39 is 0 Å². The lowest BCUT2D eigenvalue weighted by atomic mass is 9.49. The van der Waals surface area contributed by atoms with Gasteiger partial charge in [-0.05, 0) is 73.0 Å². The van der Waals surface area contributed by atoms with E-state index in [1.807, 2.05) is 30.3 Å². The molecule has 0 saturated heterocycles. The number of rotatable bonds is 6. The zero-order chi connectivity index (χ0) is 20.8. The first-order valence-electron chi connectivity index (χ1n) is 11.3. The van der Waals surface area contributed by atoms with Crippen LogP contribution >= 0.6 is 0 Å². The molecular weight excluding hydrogens is 390 g/mol. The van der Waals surface area contributed by atoms with Gasteiger partial charge in [-0.3, -0.25) is 4.79 Å². The fraction of sp³-hybridized carbons (Fsp3) is 0.522. The first-order chi connectivity index (χ1) is 15.1. The number of nitrogens with one attached hydrogen (secondary N) is 1. The monoisotopic (exact) mass is 417 g/mol. The van der Waals surface area contributed by atoms with Gasteiger partial charge in [0, 0.05) is 18.3 Å². The van der Waals surface area contributed by atoms with Gasteiger partial charge in [-0.1, -0.05) is 30.3 Å². The summed E-state index contributed by atoms with van der Waals surface area (Å²) in [7, 11) is 0. The molecule has 4 bridgehead atoms. The van der Waals surface area contributed by atoms with Gasteiger partial charge in [-0.25, -0.2) is 4.68 Å². The van der Waals surface area contributed by atoms with E-state index in [-0.39, 0.29) is 5.91 Å². The summed E-state index contributed by atoms with van der Waals surface area (Å²) in [5.74, 6) is 3.14. The van der Waals surface area contributed by atoms with Gasteiger partial charge in [-0.15, -0.1) is 15.0 Å². The van der Waals surface area contributed by atoms with Crippen molar-refractivity contribution in [2.24, 2.45) is 23.2 Å². The zero-order valence-electron chi connectivity index (χ0n) is 17.5. The summed E-state index contributed by atoms with van der Waals surface area (Å²) in [6, 6.07) is 11.5. The topological polar surface area (TPSA) is 90.5 Å². The normalized spacial score (nSPS) is 28.7. The van der Waals surface area contributed by atoms with E-state index >= 15 is 0 Å². The number of hydrogen-bond acceptors (Lipinski definition) is 5. The van der Waals surface area contributed by atoms with E-state index in [2.05, 4.69) is 25.8 Å². The van der Waals surface area contributed by atoms with Gasteiger partial charge in [0.2, 0.25) is 5.82 Å². The van der Waals surface area contributed by atoms with E-state index in [9.17, 15) is 4.79 Å². The molecule has 31 heavy (non-hydrogen) atoms. The standard InChI is InChI=1S/C23H27N7O/c31-22(24-14-23-11-16-8-17(12-23)10-18(9-16)13-23)20-6-7-29(26-20)15-30-27-21(25-28-30)19-4-2-1-3-5-19/h1-7,16-18H,8-15H2,(H,24,31). The summed E-state index contributed by atoms with van der Waals surface area (Å²) in [6.45, 7) is 1.09. The Hall–Kier alpha value is -3.03. The molecule has 1 amide bonds. The van der Waals surface area contributed by atoms with E-state index in [1.165, 1.54) is 43.3 Å². The van der Waals surface area contributed by atoms with Crippen molar-refractivity contribution in [2.75, 3.05) is 6.54 Å². The van der Waals surface area contributed by atoms with Gasteiger partial charge < -0.3 is 5.32 Å². The highest BCUT2D eigenvalue weighted by Crippen LogP contribution is 2.59. The number of carbonyl (C=O) groups excluding carboxylic acids is 1. The second-order valence-corrected chi connectivity index (χ2v) is 9.83. The van der Waals surface area contributed by atoms with Gasteiger partial charge in [-0.2, -0.15) is 5.10 Å². The fourth-order valence-corrected chi connectivity index (χ4v) is 6.56. The maximum atomic E-state index is 12.8. The predicted octanol–water partition coefficient (Wildman–Crippen LogP) is 2.99. The van der Waals surface area contributed by atoms with E-state index in [0.717, 1.165) is 29.9 Å². The Morgan fingerprint density at radius 2 is 1.71 bits per heavy atom. The van der Waals surface area contributed by atoms with Gasteiger partial charge in [0.25, 0.3) is 5.91 Å². The summed E-state index contributed by atoms with van der Waals surface area (Å²) < 4.78 is 1.66. The van der Waals surface area contributed by atoms with Crippen molar-refractivity contribution in [1.29, 1.82) is 0 Å². The lowest BCUT2D eigenvalue weighted by Gasteiger charge is -2.56. The quantitative estimate of drug-likeness (QED) is 0.666. The molecule has 0 atom stereocenters. The highest BCUT2D eigenvalue weighted by Gasteiger charge is 2.50. The lowest BCUT2D eigenvalue weighted by Crippen LogP contribution is -2.51. The number of tetrazole rings is 1. The van der Waals surface area contributed by atoms with Crippen LogP contribution in [0, 0.1) is 23.2 Å². The van der Waals surface area contributed by atoms with Crippen molar-refractivity contribution in [3.63, 3.8) is 0 Å². The summed E-state index contributed by atoms with van der Waals surface area (Å²) in [6.07, 6.45) is 9.89. The summed E-state index contributed by atoms with van der Waals surface area (Å²) in [5.41, 5.74) is 1.68. The molecule has 4 aliphatic carbocycles. The molecule has 160 valence electrons. The van der Waals surface area contributed by atoms with Crippen LogP contribution in [0.1, 0.15) is 49.0 Å². The first-order valence-corrected chi connectivity index (χ1v) is 11.3. The molecular formula is C23H27N7O. The molecule has 8 heteroatoms. The Morgan fingerprint density at radius 1 is 1.00 bits per heavy atom. The SMILES string of the molecule is O=C(NCC12CC3CC(CC(C3)C1)C2)c1ccn(Cn2nnc(-c3ccccc3)n2)n1. The molecule has 7 rings (SSSR count). The first kappa shape index (κ1) is 18.7. The molecule has 0 aliphatic heterocycles. The largest absolute Gasteiger partial charge is 0.350 e. The van der Waals surface area contributed by atoms with Crippen molar-refractivity contribution in [3.8, 4) is 11.4 Å². The molecule has 8 nitrogen and oxygen atoms in total. The van der Waals surface area contributed by atoms with Crippen molar-refractivity contribution in [2.45, 2.75) is 45.2 Å². The number of hydrogen-bond donors (Lipinski definition) is 1. The maximum absolute atomic E-state index is 12.8. The molecule has 4 saturated carbocycles. The van der Waals surface area contributed by atoms with Crippen molar-refractivity contribution in [1.82, 2.24) is 35.3 Å². The van der Waals surface area contributed by atoms with Gasteiger partial charge >= 0.3 is 0 Å². The molecule has 4 fully saturated rings. The van der Waals surface area contributed by atoms with E-state index in [0.29, 0.717) is 23.6 Å². The Morgan fingerprint density at radius 3 is 2.42 bits per heavy atom.